The molecule has 31 N–H and O–H groups in total. The Morgan fingerprint density at radius 3 is 1.00 bits per heavy atom. The van der Waals surface area contributed by atoms with E-state index in [0.29, 0.717) is 13.2 Å². The van der Waals surface area contributed by atoms with Gasteiger partial charge in [0.25, 0.3) is 0 Å². The van der Waals surface area contributed by atoms with Crippen molar-refractivity contribution in [1.29, 1.82) is 0 Å². The first-order valence-electron chi connectivity index (χ1n) is 21.1. The molecule has 0 aromatic carbocycles. The summed E-state index contributed by atoms with van der Waals surface area (Å²) in [7, 11) is 0. The van der Waals surface area contributed by atoms with Crippen molar-refractivity contribution in [3.05, 3.63) is 0 Å². The third kappa shape index (κ3) is 56.3. The van der Waals surface area contributed by atoms with Gasteiger partial charge in [0.05, 0.1) is 33.3 Å². The summed E-state index contributed by atoms with van der Waals surface area (Å²) >= 11 is 25.8. The smallest absolute Gasteiger partial charge is 0.317 e. The van der Waals surface area contributed by atoms with E-state index >= 15 is 0 Å². The molecule has 4 atom stereocenters. The molecule has 0 rings (SSSR count). The van der Waals surface area contributed by atoms with Crippen LogP contribution in [0.2, 0.25) is 0 Å². The van der Waals surface area contributed by atoms with Crippen LogP contribution in [0.25, 0.3) is 0 Å². The molecule has 0 heterocycles. The molecule has 66 heavy (non-hydrogen) atoms. The van der Waals surface area contributed by atoms with Gasteiger partial charge in [0, 0.05) is 32.7 Å². The van der Waals surface area contributed by atoms with E-state index in [1.165, 1.54) is 0 Å². The highest BCUT2D eigenvalue weighted by molar-refractivity contribution is 8.12. The molecule has 0 saturated heterocycles. The van der Waals surface area contributed by atoms with E-state index in [1.54, 1.807) is 4.67 Å². The molecule has 0 aliphatic heterocycles. The van der Waals surface area contributed by atoms with Gasteiger partial charge in [-0.1, -0.05) is 66.7 Å². The molecule has 4 unspecified atom stereocenters. The number of carbonyl (C=O) groups is 4. The SMILES string of the molecule is CCCCN(CNC(N)=O)P(N)(N)=S.CCCCNP(N)(=S)NCNC(=O)NCNC(N)=O.CCCCNP(N)(=S)NCNC(N)=O.CCCCNP(N)(=S)NCNP(N)(=S)NCCCC. The second-order valence-corrected chi connectivity index (χ2v) is 32.1. The molecule has 0 radical (unpaired) electrons. The molecule has 0 fully saturated rings. The third-order valence-corrected chi connectivity index (χ3v) is 17.7. The lowest BCUT2D eigenvalue weighted by Crippen LogP contribution is -2.46. The van der Waals surface area contributed by atoms with Crippen molar-refractivity contribution in [3.8, 4) is 0 Å². The van der Waals surface area contributed by atoms with E-state index in [9.17, 15) is 19.2 Å². The summed E-state index contributed by atoms with van der Waals surface area (Å²) in [6.07, 6.45) is 10.5. The Morgan fingerprint density at radius 2 is 0.697 bits per heavy atom. The lowest BCUT2D eigenvalue weighted by molar-refractivity contribution is 0.237. The number of nitrogens with one attached hydrogen (secondary N) is 13. The second kappa shape index (κ2) is 43.5. The Balaban J connectivity index is -0.000000392. The predicted molar refractivity (Wildman–Crippen MR) is 297 cm³/mol. The number of primary amides is 3. The number of nitrogens with zero attached hydrogens (tertiary/aromatic N) is 1. The van der Waals surface area contributed by atoms with Crippen LogP contribution in [0.3, 0.4) is 0 Å². The predicted octanol–water partition coefficient (Wildman–Crippen LogP) is -0.0688. The summed E-state index contributed by atoms with van der Waals surface area (Å²) in [6.45, 7) is 3.92. The summed E-state index contributed by atoms with van der Waals surface area (Å²) in [5, 5.41) is 36.1. The van der Waals surface area contributed by atoms with Gasteiger partial charge in [0.2, 0.25) is 0 Å². The highest BCUT2D eigenvalue weighted by atomic mass is 32.5. The van der Waals surface area contributed by atoms with Crippen molar-refractivity contribution in [2.24, 2.45) is 50.2 Å². The minimum Gasteiger partial charge on any atom is -0.352 e. The quantitative estimate of drug-likeness (QED) is 0.0228. The van der Waals surface area contributed by atoms with E-state index in [0.717, 1.165) is 90.4 Å². The van der Waals surface area contributed by atoms with E-state index in [-0.39, 0.29) is 26.7 Å². The number of urea groups is 4. The number of hydrogen-bond acceptors (Lipinski definition) is 9. The Kier molecular flexibility index (Phi) is 47.6. The van der Waals surface area contributed by atoms with Crippen LogP contribution in [0, 0.1) is 0 Å². The summed E-state index contributed by atoms with van der Waals surface area (Å²) in [5.74, 6) is 0. The molecule has 0 aromatic heterocycles. The number of nitrogens with two attached hydrogens (primary N) is 9. The van der Waals surface area contributed by atoms with Crippen molar-refractivity contribution >= 4 is 116 Å². The Labute approximate surface area is 419 Å². The van der Waals surface area contributed by atoms with Gasteiger partial charge in [-0.25, -0.2) is 34.0 Å². The summed E-state index contributed by atoms with van der Waals surface area (Å²) in [4.78, 5) is 42.4. The first-order valence-corrected chi connectivity index (χ1v) is 35.5. The summed E-state index contributed by atoms with van der Waals surface area (Å²) in [5.41, 5.74) is 49.5. The van der Waals surface area contributed by atoms with Gasteiger partial charge in [-0.2, -0.15) is 0 Å². The minimum atomic E-state index is -2.47. The maximum Gasteiger partial charge on any atom is 0.317 e. The standard InChI is InChI=1S/C9H28N6P2S2.C8H22N7O2PS.2C6H18N5OPS/c1-3-5-7-12-16(10,18)14-9-15-17(11,19)13-8-6-4-2;1-2-3-4-14-18(10,19)15-6-13-8(17)12-5-11-7(9)16;1-2-3-4-11(13(8,9)14)5-10-6(7)12;1-2-3-4-10-13(8,14)11-5-9-6(7)12/h3-9H2,1-2H3,(H4,10,12,14,18)(H4,11,13,15,19);2-6H2,1H3,(H3,9,11,16)(H2,12,13,17)(H4,10,14,15,19);2-5H2,1H3,(H3,7,10,12)(H4,8,9,14);2-5H2,1H3,(H3,7,9,12)(H4,8,10,11,14). The van der Waals surface area contributed by atoms with Crippen molar-refractivity contribution in [2.75, 3.05) is 66.1 Å². The Bertz CT molecular complexity index is 1530. The maximum absolute atomic E-state index is 11.2. The van der Waals surface area contributed by atoms with Crippen molar-refractivity contribution < 1.29 is 19.2 Å². The molecule has 37 heteroatoms. The molecule has 0 aliphatic rings. The molecule has 8 amide bonds. The van der Waals surface area contributed by atoms with Crippen LogP contribution in [0.5, 0.6) is 0 Å². The lowest BCUT2D eigenvalue weighted by atomic mass is 10.3. The van der Waals surface area contributed by atoms with Crippen molar-refractivity contribution in [1.82, 2.24) is 72.0 Å². The molecule has 0 spiro atoms. The summed E-state index contributed by atoms with van der Waals surface area (Å²) in [6, 6.07) is -2.38. The monoisotopic (exact) mass is 1140 g/mol. The fourth-order valence-electron chi connectivity index (χ4n) is 3.79. The average Bonchev–Trinajstić information content (AvgIpc) is 3.17. The maximum atomic E-state index is 11.2. The largest absolute Gasteiger partial charge is 0.352 e. The van der Waals surface area contributed by atoms with Gasteiger partial charge in [0.15, 0.2) is 0 Å². The van der Waals surface area contributed by atoms with Crippen LogP contribution >= 0.6 is 32.4 Å². The second-order valence-electron chi connectivity index (χ2n) is 13.7. The zero-order chi connectivity index (χ0) is 51.7. The number of unbranched alkanes of at least 4 members (excludes halogenated alkanes) is 5. The summed E-state index contributed by atoms with van der Waals surface area (Å²) < 4.78 is 1.69. The first kappa shape index (κ1) is 72.3. The van der Waals surface area contributed by atoms with Crippen LogP contribution in [0.1, 0.15) is 98.8 Å². The van der Waals surface area contributed by atoms with Gasteiger partial charge in [-0.05, 0) is 91.1 Å². The van der Waals surface area contributed by atoms with Gasteiger partial charge >= 0.3 is 24.1 Å². The molecule has 0 aromatic rings. The third-order valence-electron chi connectivity index (χ3n) is 7.43. The highest BCUT2D eigenvalue weighted by Crippen LogP contribution is 2.31. The van der Waals surface area contributed by atoms with Crippen LogP contribution in [-0.2, 0) is 59.0 Å². The fourth-order valence-corrected chi connectivity index (χ4v) is 10.6. The minimum absolute atomic E-state index is 0.0489. The van der Waals surface area contributed by atoms with Crippen LogP contribution in [-0.4, -0.2) is 94.9 Å². The molecule has 27 nitrogen and oxygen atoms in total. The Hall–Kier alpha value is -0.270. The lowest BCUT2D eigenvalue weighted by Gasteiger charge is -2.28. The number of hydrogen-bond donors (Lipinski definition) is 22. The Morgan fingerprint density at radius 1 is 0.409 bits per heavy atom. The van der Waals surface area contributed by atoms with Crippen molar-refractivity contribution in [2.45, 2.75) is 98.8 Å². The zero-order valence-electron chi connectivity index (χ0n) is 39.2. The number of amides is 8. The highest BCUT2D eigenvalue weighted by Gasteiger charge is 2.16. The molecular weight excluding hydrogens is 1050 g/mol. The van der Waals surface area contributed by atoms with Gasteiger partial charge in [-0.15, -0.1) is 0 Å². The molecule has 0 bridgehead atoms. The van der Waals surface area contributed by atoms with E-state index in [2.05, 4.69) is 102 Å². The first-order chi connectivity index (χ1) is 30.6. The zero-order valence-corrected chi connectivity index (χ0v) is 47.8. The average molecular weight is 1140 g/mol. The van der Waals surface area contributed by atoms with E-state index in [1.807, 2.05) is 0 Å². The van der Waals surface area contributed by atoms with E-state index < -0.39 is 56.6 Å². The molecule has 396 valence electrons. The number of carbonyl (C=O) groups excluding carboxylic acids is 4. The topological polar surface area (TPSA) is 462 Å². The van der Waals surface area contributed by atoms with Gasteiger partial charge in [0.1, 0.15) is 32.4 Å². The fraction of sp³-hybridized carbons (Fsp3) is 0.862. The van der Waals surface area contributed by atoms with Crippen LogP contribution in [0.4, 0.5) is 19.2 Å². The van der Waals surface area contributed by atoms with Gasteiger partial charge in [-0.3, -0.25) is 63.5 Å². The van der Waals surface area contributed by atoms with Crippen LogP contribution in [0.15, 0.2) is 0 Å². The van der Waals surface area contributed by atoms with Crippen LogP contribution < -0.4 is 118 Å². The van der Waals surface area contributed by atoms with E-state index in [4.69, 9.17) is 109 Å². The van der Waals surface area contributed by atoms with Gasteiger partial charge < -0.3 is 43.8 Å². The molecular formula is C29H86N23O4P5S5. The number of rotatable bonds is 34. The van der Waals surface area contributed by atoms with Crippen molar-refractivity contribution in [3.63, 3.8) is 0 Å². The normalized spacial score (nSPS) is 14.6. The molecule has 0 saturated carbocycles. The molecule has 0 aliphatic carbocycles.